The Bertz CT molecular complexity index is 323. The molecule has 0 saturated carbocycles. The van der Waals surface area contributed by atoms with Crippen molar-refractivity contribution < 1.29 is 0 Å². The minimum Gasteiger partial charge on any atom is -0.351 e. The van der Waals surface area contributed by atoms with E-state index in [0.717, 1.165) is 18.4 Å². The summed E-state index contributed by atoms with van der Waals surface area (Å²) in [6.45, 7) is 2.35. The molecule has 0 N–H and O–H groups in total. The van der Waals surface area contributed by atoms with Crippen molar-refractivity contribution in [3.63, 3.8) is 0 Å². The second-order valence-electron chi connectivity index (χ2n) is 4.32. The number of rotatable bonds is 1. The molecule has 0 aromatic carbocycles. The van der Waals surface area contributed by atoms with Crippen LogP contribution >= 0.6 is 0 Å². The van der Waals surface area contributed by atoms with Crippen LogP contribution in [0.5, 0.6) is 0 Å². The normalized spacial score (nSPS) is 31.4. The van der Waals surface area contributed by atoms with Crippen LogP contribution in [0.2, 0.25) is 0 Å². The number of anilines is 1. The van der Waals surface area contributed by atoms with Gasteiger partial charge in [-0.05, 0) is 25.6 Å². The Morgan fingerprint density at radius 2 is 2.21 bits per heavy atom. The molecule has 0 amide bonds. The van der Waals surface area contributed by atoms with Crippen molar-refractivity contribution in [2.45, 2.75) is 18.5 Å². The van der Waals surface area contributed by atoms with E-state index in [1.807, 2.05) is 12.3 Å². The number of aromatic nitrogens is 1. The zero-order valence-electron chi connectivity index (χ0n) is 8.43. The molecule has 1 aromatic heterocycles. The van der Waals surface area contributed by atoms with Gasteiger partial charge < -0.3 is 4.90 Å². The highest BCUT2D eigenvalue weighted by atomic mass is 15.4. The van der Waals surface area contributed by atoms with Crippen LogP contribution in [0.4, 0.5) is 5.82 Å². The minimum atomic E-state index is 0.694. The SMILES string of the molecule is CN1C[C@H]2CC1CN2c1ccccn1. The highest BCUT2D eigenvalue weighted by molar-refractivity contribution is 5.42. The molecule has 1 aromatic rings. The second-order valence-corrected chi connectivity index (χ2v) is 4.32. The van der Waals surface area contributed by atoms with Crippen LogP contribution in [-0.4, -0.2) is 42.1 Å². The predicted octanol–water partition coefficient (Wildman–Crippen LogP) is 0.974. The molecule has 1 unspecified atom stereocenters. The number of piperazine rings is 1. The number of likely N-dealkylation sites (N-methyl/N-ethyl adjacent to an activating group) is 1. The van der Waals surface area contributed by atoms with Crippen molar-refractivity contribution in [1.82, 2.24) is 9.88 Å². The fourth-order valence-electron chi connectivity index (χ4n) is 2.67. The summed E-state index contributed by atoms with van der Waals surface area (Å²) in [4.78, 5) is 9.32. The fraction of sp³-hybridized carbons (Fsp3) is 0.545. The monoisotopic (exact) mass is 189 g/mol. The summed E-state index contributed by atoms with van der Waals surface area (Å²) < 4.78 is 0. The molecule has 0 radical (unpaired) electrons. The molecule has 0 spiro atoms. The lowest BCUT2D eigenvalue weighted by molar-refractivity contribution is 0.292. The molecule has 74 valence electrons. The van der Waals surface area contributed by atoms with E-state index in [1.54, 1.807) is 0 Å². The molecule has 3 heterocycles. The number of hydrogen-bond donors (Lipinski definition) is 0. The Hall–Kier alpha value is -1.09. The van der Waals surface area contributed by atoms with E-state index in [4.69, 9.17) is 0 Å². The predicted molar refractivity (Wildman–Crippen MR) is 56.4 cm³/mol. The first-order valence-electron chi connectivity index (χ1n) is 5.22. The van der Waals surface area contributed by atoms with Gasteiger partial charge in [0.25, 0.3) is 0 Å². The first kappa shape index (κ1) is 8.24. The van der Waals surface area contributed by atoms with Gasteiger partial charge in [0.05, 0.1) is 0 Å². The molecule has 2 aliphatic heterocycles. The largest absolute Gasteiger partial charge is 0.351 e. The second kappa shape index (κ2) is 2.95. The number of hydrogen-bond acceptors (Lipinski definition) is 3. The maximum absolute atomic E-state index is 4.41. The maximum atomic E-state index is 4.41. The molecule has 2 bridgehead atoms. The molecule has 2 atom stereocenters. The van der Waals surface area contributed by atoms with Crippen LogP contribution in [0.3, 0.4) is 0 Å². The van der Waals surface area contributed by atoms with Gasteiger partial charge >= 0.3 is 0 Å². The molecular weight excluding hydrogens is 174 g/mol. The third kappa shape index (κ3) is 1.12. The number of likely N-dealkylation sites (tertiary alicyclic amines) is 1. The van der Waals surface area contributed by atoms with Gasteiger partial charge in [0.2, 0.25) is 0 Å². The molecule has 2 aliphatic rings. The van der Waals surface area contributed by atoms with Gasteiger partial charge in [-0.3, -0.25) is 4.90 Å². The Kier molecular flexibility index (Phi) is 1.74. The van der Waals surface area contributed by atoms with Gasteiger partial charge in [-0.1, -0.05) is 6.07 Å². The van der Waals surface area contributed by atoms with Crippen molar-refractivity contribution in [3.05, 3.63) is 24.4 Å². The first-order chi connectivity index (χ1) is 6.84. The van der Waals surface area contributed by atoms with E-state index in [0.29, 0.717) is 6.04 Å². The lowest BCUT2D eigenvalue weighted by atomic mass is 10.2. The number of fused-ring (bicyclic) bond motifs is 2. The highest BCUT2D eigenvalue weighted by Gasteiger charge is 2.41. The van der Waals surface area contributed by atoms with Gasteiger partial charge in [0.1, 0.15) is 5.82 Å². The number of pyridine rings is 1. The van der Waals surface area contributed by atoms with E-state index in [9.17, 15) is 0 Å². The Morgan fingerprint density at radius 3 is 2.79 bits per heavy atom. The Balaban J connectivity index is 1.84. The zero-order valence-corrected chi connectivity index (χ0v) is 8.43. The highest BCUT2D eigenvalue weighted by Crippen LogP contribution is 2.32. The average Bonchev–Trinajstić information content (AvgIpc) is 2.77. The smallest absolute Gasteiger partial charge is 0.128 e. The van der Waals surface area contributed by atoms with E-state index in [-0.39, 0.29) is 0 Å². The summed E-state index contributed by atoms with van der Waals surface area (Å²) in [7, 11) is 2.22. The van der Waals surface area contributed by atoms with Gasteiger partial charge in [-0.15, -0.1) is 0 Å². The van der Waals surface area contributed by atoms with E-state index in [2.05, 4.69) is 34.0 Å². The molecule has 2 fully saturated rings. The lowest BCUT2D eigenvalue weighted by Gasteiger charge is -2.32. The van der Waals surface area contributed by atoms with Gasteiger partial charge in [-0.25, -0.2) is 4.98 Å². The molecule has 2 saturated heterocycles. The summed E-state index contributed by atoms with van der Waals surface area (Å²) in [5.41, 5.74) is 0. The van der Waals surface area contributed by atoms with Gasteiger partial charge in [0, 0.05) is 31.4 Å². The molecule has 0 aliphatic carbocycles. The van der Waals surface area contributed by atoms with E-state index in [1.165, 1.54) is 13.0 Å². The topological polar surface area (TPSA) is 19.4 Å². The molecule has 3 heteroatoms. The first-order valence-corrected chi connectivity index (χ1v) is 5.22. The fourth-order valence-corrected chi connectivity index (χ4v) is 2.67. The van der Waals surface area contributed by atoms with Crippen molar-refractivity contribution in [2.75, 3.05) is 25.0 Å². The van der Waals surface area contributed by atoms with Crippen LogP contribution in [-0.2, 0) is 0 Å². The Labute approximate surface area is 84.3 Å². The summed E-state index contributed by atoms with van der Waals surface area (Å²) in [5.74, 6) is 1.15. The summed E-state index contributed by atoms with van der Waals surface area (Å²) >= 11 is 0. The van der Waals surface area contributed by atoms with Gasteiger partial charge in [0.15, 0.2) is 0 Å². The summed E-state index contributed by atoms with van der Waals surface area (Å²) in [6, 6.07) is 7.60. The maximum Gasteiger partial charge on any atom is 0.128 e. The molecule has 3 rings (SSSR count). The third-order valence-corrected chi connectivity index (χ3v) is 3.46. The Morgan fingerprint density at radius 1 is 1.29 bits per heavy atom. The molecule has 3 nitrogen and oxygen atoms in total. The molecular formula is C11H15N3. The molecule has 14 heavy (non-hydrogen) atoms. The van der Waals surface area contributed by atoms with Crippen molar-refractivity contribution >= 4 is 5.82 Å². The van der Waals surface area contributed by atoms with E-state index >= 15 is 0 Å². The number of nitrogens with zero attached hydrogens (tertiary/aromatic N) is 3. The van der Waals surface area contributed by atoms with Crippen LogP contribution in [0.1, 0.15) is 6.42 Å². The van der Waals surface area contributed by atoms with Crippen LogP contribution in [0.15, 0.2) is 24.4 Å². The lowest BCUT2D eigenvalue weighted by Crippen LogP contribution is -2.44. The van der Waals surface area contributed by atoms with Crippen LogP contribution < -0.4 is 4.90 Å². The van der Waals surface area contributed by atoms with Gasteiger partial charge in [-0.2, -0.15) is 0 Å². The average molecular weight is 189 g/mol. The quantitative estimate of drug-likeness (QED) is 0.656. The van der Waals surface area contributed by atoms with Crippen molar-refractivity contribution in [3.8, 4) is 0 Å². The summed E-state index contributed by atoms with van der Waals surface area (Å²) in [6.07, 6.45) is 3.19. The summed E-state index contributed by atoms with van der Waals surface area (Å²) in [5, 5.41) is 0. The van der Waals surface area contributed by atoms with Crippen LogP contribution in [0.25, 0.3) is 0 Å². The minimum absolute atomic E-state index is 0.694. The third-order valence-electron chi connectivity index (χ3n) is 3.46. The van der Waals surface area contributed by atoms with Crippen LogP contribution in [0, 0.1) is 0 Å². The zero-order chi connectivity index (χ0) is 9.54. The standard InChI is InChI=1S/C11H15N3/c1-13-7-10-6-9(13)8-14(10)11-4-2-3-5-12-11/h2-5,9-10H,6-8H2,1H3/t9?,10-/m1/s1. The van der Waals surface area contributed by atoms with Crippen molar-refractivity contribution in [1.29, 1.82) is 0 Å². The van der Waals surface area contributed by atoms with E-state index < -0.39 is 0 Å². The van der Waals surface area contributed by atoms with Crippen molar-refractivity contribution in [2.24, 2.45) is 0 Å².